The summed E-state index contributed by atoms with van der Waals surface area (Å²) in [6.45, 7) is 0. The Morgan fingerprint density at radius 2 is 1.06 bits per heavy atom. The number of rotatable bonds is 2. The van der Waals surface area contributed by atoms with E-state index in [2.05, 4.69) is 0 Å². The SMILES string of the molecule is Nc1cc(S(=O)(=O)O)c(N)cc1S(=O)(=O)O. The zero-order chi connectivity index (χ0) is 12.7. The van der Waals surface area contributed by atoms with Crippen LogP contribution in [-0.4, -0.2) is 25.9 Å². The van der Waals surface area contributed by atoms with Gasteiger partial charge in [-0.15, -0.1) is 0 Å². The Bertz CT molecular complexity index is 575. The summed E-state index contributed by atoms with van der Waals surface area (Å²) in [5.74, 6) is 0. The minimum absolute atomic E-state index is 0.538. The minimum Gasteiger partial charge on any atom is -0.398 e. The second-order valence-electron chi connectivity index (χ2n) is 2.88. The van der Waals surface area contributed by atoms with Gasteiger partial charge in [-0.1, -0.05) is 0 Å². The maximum Gasteiger partial charge on any atom is 0.296 e. The molecule has 0 aromatic heterocycles. The fourth-order valence-corrected chi connectivity index (χ4v) is 2.30. The Hall–Kier alpha value is -1.36. The molecule has 0 saturated carbocycles. The minimum atomic E-state index is -4.60. The fraction of sp³-hybridized carbons (Fsp3) is 0. The summed E-state index contributed by atoms with van der Waals surface area (Å²) in [6, 6.07) is 1.29. The summed E-state index contributed by atoms with van der Waals surface area (Å²) < 4.78 is 60.5. The van der Waals surface area contributed by atoms with Crippen LogP contribution in [0.4, 0.5) is 11.4 Å². The molecule has 0 fully saturated rings. The van der Waals surface area contributed by atoms with E-state index in [9.17, 15) is 16.8 Å². The van der Waals surface area contributed by atoms with Gasteiger partial charge in [-0.3, -0.25) is 9.11 Å². The van der Waals surface area contributed by atoms with Crippen LogP contribution in [0.3, 0.4) is 0 Å². The predicted octanol–water partition coefficient (Wildman–Crippen LogP) is -0.656. The first kappa shape index (κ1) is 12.7. The molecule has 0 aliphatic heterocycles. The average Bonchev–Trinajstić information content (AvgIpc) is 2.04. The first-order valence-electron chi connectivity index (χ1n) is 3.67. The molecule has 1 rings (SSSR count). The number of nitrogen functional groups attached to an aromatic ring is 2. The molecular weight excluding hydrogens is 260 g/mol. The summed E-state index contributed by atoms with van der Waals surface area (Å²) in [7, 11) is -9.20. The van der Waals surface area contributed by atoms with Gasteiger partial charge in [0, 0.05) is 0 Å². The van der Waals surface area contributed by atoms with Crippen LogP contribution in [0.15, 0.2) is 21.9 Å². The van der Waals surface area contributed by atoms with E-state index in [0.29, 0.717) is 12.1 Å². The van der Waals surface area contributed by atoms with Gasteiger partial charge in [-0.25, -0.2) is 0 Å². The van der Waals surface area contributed by atoms with Crippen LogP contribution < -0.4 is 11.5 Å². The van der Waals surface area contributed by atoms with E-state index in [1.807, 2.05) is 0 Å². The molecule has 1 aromatic carbocycles. The highest BCUT2D eigenvalue weighted by molar-refractivity contribution is 7.86. The van der Waals surface area contributed by atoms with E-state index in [1.54, 1.807) is 0 Å². The first-order chi connectivity index (χ1) is 7.03. The molecule has 0 aliphatic rings. The molecule has 0 saturated heterocycles. The van der Waals surface area contributed by atoms with Gasteiger partial charge in [0.1, 0.15) is 9.79 Å². The molecule has 0 amide bonds. The monoisotopic (exact) mass is 268 g/mol. The zero-order valence-electron chi connectivity index (χ0n) is 7.65. The third kappa shape index (κ3) is 2.41. The van der Waals surface area contributed by atoms with Gasteiger partial charge >= 0.3 is 0 Å². The third-order valence-corrected chi connectivity index (χ3v) is 3.52. The van der Waals surface area contributed by atoms with Crippen molar-refractivity contribution in [2.24, 2.45) is 0 Å². The van der Waals surface area contributed by atoms with Crippen molar-refractivity contribution in [3.05, 3.63) is 12.1 Å². The number of benzene rings is 1. The fourth-order valence-electron chi connectivity index (χ4n) is 1.04. The summed E-state index contributed by atoms with van der Waals surface area (Å²) in [4.78, 5) is -1.45. The molecule has 10 heteroatoms. The smallest absolute Gasteiger partial charge is 0.296 e. The van der Waals surface area contributed by atoms with Crippen molar-refractivity contribution in [2.75, 3.05) is 11.5 Å². The van der Waals surface area contributed by atoms with Crippen LogP contribution in [0.2, 0.25) is 0 Å². The number of nitrogens with two attached hydrogens (primary N) is 2. The second-order valence-corrected chi connectivity index (χ2v) is 5.66. The topological polar surface area (TPSA) is 161 Å². The van der Waals surface area contributed by atoms with E-state index in [0.717, 1.165) is 0 Å². The van der Waals surface area contributed by atoms with Crippen molar-refractivity contribution in [3.63, 3.8) is 0 Å². The highest BCUT2D eigenvalue weighted by atomic mass is 32.2. The van der Waals surface area contributed by atoms with Crippen molar-refractivity contribution >= 4 is 31.6 Å². The van der Waals surface area contributed by atoms with E-state index >= 15 is 0 Å². The van der Waals surface area contributed by atoms with Gasteiger partial charge in [-0.2, -0.15) is 16.8 Å². The average molecular weight is 268 g/mol. The lowest BCUT2D eigenvalue weighted by Crippen LogP contribution is -2.09. The van der Waals surface area contributed by atoms with Crippen LogP contribution >= 0.6 is 0 Å². The first-order valence-corrected chi connectivity index (χ1v) is 6.55. The van der Waals surface area contributed by atoms with Gasteiger partial charge in [0.05, 0.1) is 11.4 Å². The van der Waals surface area contributed by atoms with Gasteiger partial charge in [0.15, 0.2) is 0 Å². The van der Waals surface area contributed by atoms with Crippen LogP contribution in [-0.2, 0) is 20.2 Å². The molecule has 90 valence electrons. The lowest BCUT2D eigenvalue weighted by atomic mass is 10.3. The van der Waals surface area contributed by atoms with Crippen LogP contribution in [0, 0.1) is 0 Å². The Labute approximate surface area is 91.4 Å². The molecule has 0 unspecified atom stereocenters. The molecule has 0 aliphatic carbocycles. The van der Waals surface area contributed by atoms with Crippen LogP contribution in [0.5, 0.6) is 0 Å². The largest absolute Gasteiger partial charge is 0.398 e. The Morgan fingerprint density at radius 1 is 0.812 bits per heavy atom. The molecule has 6 N–H and O–H groups in total. The number of hydrogen-bond acceptors (Lipinski definition) is 6. The molecule has 0 bridgehead atoms. The molecule has 0 heterocycles. The third-order valence-electron chi connectivity index (χ3n) is 1.70. The van der Waals surface area contributed by atoms with Crippen LogP contribution in [0.25, 0.3) is 0 Å². The number of hydrogen-bond donors (Lipinski definition) is 4. The van der Waals surface area contributed by atoms with Crippen molar-refractivity contribution in [1.82, 2.24) is 0 Å². The standard InChI is InChI=1S/C6H8N2O6S2/c7-3-1-5(15(9,10)11)4(8)2-6(3)16(12,13)14/h1-2H,7-8H2,(H,9,10,11)(H,12,13,14). The van der Waals surface area contributed by atoms with E-state index in [4.69, 9.17) is 20.6 Å². The maximum atomic E-state index is 10.8. The lowest BCUT2D eigenvalue weighted by Gasteiger charge is -2.07. The highest BCUT2D eigenvalue weighted by Crippen LogP contribution is 2.27. The summed E-state index contributed by atoms with van der Waals surface area (Å²) in [5, 5.41) is 0. The maximum absolute atomic E-state index is 10.8. The molecular formula is C6H8N2O6S2. The normalized spacial score (nSPS) is 12.6. The summed E-state index contributed by atoms with van der Waals surface area (Å²) in [6.07, 6.45) is 0. The van der Waals surface area contributed by atoms with Crippen molar-refractivity contribution in [1.29, 1.82) is 0 Å². The number of anilines is 2. The molecule has 0 atom stereocenters. The lowest BCUT2D eigenvalue weighted by molar-refractivity contribution is 0.479. The van der Waals surface area contributed by atoms with Crippen molar-refractivity contribution in [3.8, 4) is 0 Å². The molecule has 0 spiro atoms. The molecule has 16 heavy (non-hydrogen) atoms. The zero-order valence-corrected chi connectivity index (χ0v) is 9.29. The van der Waals surface area contributed by atoms with Gasteiger partial charge < -0.3 is 11.5 Å². The van der Waals surface area contributed by atoms with Gasteiger partial charge in [0.25, 0.3) is 20.2 Å². The van der Waals surface area contributed by atoms with Crippen LogP contribution in [0.1, 0.15) is 0 Å². The van der Waals surface area contributed by atoms with E-state index in [1.165, 1.54) is 0 Å². The second kappa shape index (κ2) is 3.59. The molecule has 1 aromatic rings. The van der Waals surface area contributed by atoms with Gasteiger partial charge in [0.2, 0.25) is 0 Å². The Kier molecular flexibility index (Phi) is 2.85. The quantitative estimate of drug-likeness (QED) is 0.406. The predicted molar refractivity (Wildman–Crippen MR) is 54.9 cm³/mol. The van der Waals surface area contributed by atoms with Crippen molar-refractivity contribution in [2.45, 2.75) is 9.79 Å². The van der Waals surface area contributed by atoms with Crippen molar-refractivity contribution < 1.29 is 25.9 Å². The van der Waals surface area contributed by atoms with Gasteiger partial charge in [-0.05, 0) is 12.1 Å². The van der Waals surface area contributed by atoms with E-state index in [-0.39, 0.29) is 0 Å². The summed E-state index contributed by atoms with van der Waals surface area (Å²) in [5.41, 5.74) is 9.33. The Balaban J connectivity index is 3.65. The highest BCUT2D eigenvalue weighted by Gasteiger charge is 2.21. The molecule has 8 nitrogen and oxygen atoms in total. The summed E-state index contributed by atoms with van der Waals surface area (Å²) >= 11 is 0. The Morgan fingerprint density at radius 3 is 1.25 bits per heavy atom. The van der Waals surface area contributed by atoms with E-state index < -0.39 is 41.4 Å². The molecule has 0 radical (unpaired) electrons.